The molecule has 1 amide bonds. The third-order valence-corrected chi connectivity index (χ3v) is 5.69. The normalized spacial score (nSPS) is 14.0. The number of hydrogen-bond donors (Lipinski definition) is 1. The van der Waals surface area contributed by atoms with Crippen molar-refractivity contribution in [1.29, 1.82) is 0 Å². The van der Waals surface area contributed by atoms with Crippen LogP contribution >= 0.6 is 11.3 Å². The molecule has 0 unspecified atom stereocenters. The molecule has 0 atom stereocenters. The first-order valence-corrected chi connectivity index (χ1v) is 9.97. The van der Waals surface area contributed by atoms with Gasteiger partial charge >= 0.3 is 0 Å². The van der Waals surface area contributed by atoms with Crippen molar-refractivity contribution in [2.24, 2.45) is 0 Å². The van der Waals surface area contributed by atoms with Gasteiger partial charge in [0.05, 0.1) is 15.9 Å². The lowest BCUT2D eigenvalue weighted by molar-refractivity contribution is -0.117. The Morgan fingerprint density at radius 2 is 1.96 bits per heavy atom. The highest BCUT2D eigenvalue weighted by atomic mass is 32.1. The van der Waals surface area contributed by atoms with Gasteiger partial charge in [-0.25, -0.2) is 9.97 Å². The van der Waals surface area contributed by atoms with Crippen LogP contribution in [0.2, 0.25) is 0 Å². The van der Waals surface area contributed by atoms with Crippen LogP contribution in [-0.4, -0.2) is 27.4 Å². The lowest BCUT2D eigenvalue weighted by Gasteiger charge is -2.16. The topological polar surface area (TPSA) is 71.0 Å². The summed E-state index contributed by atoms with van der Waals surface area (Å²) in [7, 11) is 0. The van der Waals surface area contributed by atoms with Crippen LogP contribution < -0.4 is 10.2 Å². The van der Waals surface area contributed by atoms with E-state index in [-0.39, 0.29) is 5.91 Å². The first-order valence-electron chi connectivity index (χ1n) is 9.09. The molecule has 7 heteroatoms. The minimum absolute atomic E-state index is 0.193. The molecule has 0 spiro atoms. The Morgan fingerprint density at radius 3 is 2.71 bits per heavy atom. The molecule has 28 heavy (non-hydrogen) atoms. The molecule has 1 saturated heterocycles. The van der Waals surface area contributed by atoms with Gasteiger partial charge in [-0.05, 0) is 48.4 Å². The molecule has 4 aromatic rings. The molecule has 1 aliphatic rings. The molecule has 1 aliphatic heterocycles. The lowest BCUT2D eigenvalue weighted by Crippen LogP contribution is -2.23. The summed E-state index contributed by atoms with van der Waals surface area (Å²) in [5.74, 6) is 0.944. The second-order valence-electron chi connectivity index (χ2n) is 6.64. The maximum absolute atomic E-state index is 11.9. The fourth-order valence-electron chi connectivity index (χ4n) is 3.45. The number of amides is 1. The molecule has 5 rings (SSSR count). The maximum atomic E-state index is 11.9. The zero-order chi connectivity index (χ0) is 18.9. The summed E-state index contributed by atoms with van der Waals surface area (Å²) in [6.07, 6.45) is 4.98. The fourth-order valence-corrected chi connectivity index (χ4v) is 4.07. The number of aromatic nitrogens is 3. The van der Waals surface area contributed by atoms with Gasteiger partial charge in [-0.15, -0.1) is 11.3 Å². The van der Waals surface area contributed by atoms with E-state index in [1.54, 1.807) is 17.7 Å². The highest BCUT2D eigenvalue weighted by molar-refractivity contribution is 7.13. The summed E-state index contributed by atoms with van der Waals surface area (Å²) in [4.78, 5) is 27.8. The molecule has 0 radical (unpaired) electrons. The average molecular weight is 387 g/mol. The van der Waals surface area contributed by atoms with Crippen LogP contribution in [-0.2, 0) is 4.79 Å². The van der Waals surface area contributed by atoms with Gasteiger partial charge in [0.25, 0.3) is 0 Å². The number of carbonyl (C=O) groups excluding carboxylic acids is 1. The Balaban J connectivity index is 1.46. The van der Waals surface area contributed by atoms with E-state index < -0.39 is 0 Å². The SMILES string of the molecule is O=C1CCCN1c1ccc(Nc2ncnc3ccc(-c4cncs4)cc23)cc1. The monoisotopic (exact) mass is 387 g/mol. The quantitative estimate of drug-likeness (QED) is 0.553. The Bertz CT molecular complexity index is 1140. The van der Waals surface area contributed by atoms with E-state index in [4.69, 9.17) is 0 Å². The summed E-state index contributed by atoms with van der Waals surface area (Å²) in [5, 5.41) is 4.33. The summed E-state index contributed by atoms with van der Waals surface area (Å²) < 4.78 is 0. The van der Waals surface area contributed by atoms with Crippen LogP contribution in [0.4, 0.5) is 17.2 Å². The zero-order valence-electron chi connectivity index (χ0n) is 15.0. The van der Waals surface area contributed by atoms with Crippen LogP contribution in [0.1, 0.15) is 12.8 Å². The number of fused-ring (bicyclic) bond motifs is 1. The molecular formula is C21H17N5OS. The van der Waals surface area contributed by atoms with Gasteiger partial charge < -0.3 is 10.2 Å². The smallest absolute Gasteiger partial charge is 0.227 e. The van der Waals surface area contributed by atoms with Crippen LogP contribution in [0.3, 0.4) is 0 Å². The Morgan fingerprint density at radius 1 is 1.07 bits per heavy atom. The molecule has 138 valence electrons. The van der Waals surface area contributed by atoms with Crippen LogP contribution in [0, 0.1) is 0 Å². The molecule has 0 saturated carbocycles. The van der Waals surface area contributed by atoms with Crippen LogP contribution in [0.5, 0.6) is 0 Å². The van der Waals surface area contributed by atoms with E-state index in [1.807, 2.05) is 46.9 Å². The Labute approximate surface area is 165 Å². The minimum Gasteiger partial charge on any atom is -0.340 e. The minimum atomic E-state index is 0.193. The van der Waals surface area contributed by atoms with Crippen molar-refractivity contribution >= 4 is 45.3 Å². The molecule has 0 bridgehead atoms. The highest BCUT2D eigenvalue weighted by Gasteiger charge is 2.21. The molecule has 1 fully saturated rings. The zero-order valence-corrected chi connectivity index (χ0v) is 15.8. The summed E-state index contributed by atoms with van der Waals surface area (Å²) in [5.41, 5.74) is 5.65. The number of nitrogens with zero attached hydrogens (tertiary/aromatic N) is 4. The molecular weight excluding hydrogens is 370 g/mol. The number of benzene rings is 2. The predicted molar refractivity (Wildman–Crippen MR) is 112 cm³/mol. The number of hydrogen-bond acceptors (Lipinski definition) is 6. The van der Waals surface area contributed by atoms with Crippen LogP contribution in [0.25, 0.3) is 21.3 Å². The number of carbonyl (C=O) groups is 1. The van der Waals surface area contributed by atoms with Crippen molar-refractivity contribution in [3.8, 4) is 10.4 Å². The first-order chi connectivity index (χ1) is 13.8. The molecule has 0 aliphatic carbocycles. The van der Waals surface area contributed by atoms with Gasteiger partial charge in [-0.2, -0.15) is 0 Å². The van der Waals surface area contributed by atoms with Crippen molar-refractivity contribution in [1.82, 2.24) is 15.0 Å². The average Bonchev–Trinajstić information content (AvgIpc) is 3.41. The van der Waals surface area contributed by atoms with Gasteiger partial charge in [-0.3, -0.25) is 9.78 Å². The predicted octanol–water partition coefficient (Wildman–Crippen LogP) is 4.62. The van der Waals surface area contributed by atoms with Crippen molar-refractivity contribution in [2.45, 2.75) is 12.8 Å². The molecule has 2 aromatic carbocycles. The lowest BCUT2D eigenvalue weighted by atomic mass is 10.1. The van der Waals surface area contributed by atoms with Crippen molar-refractivity contribution < 1.29 is 4.79 Å². The van der Waals surface area contributed by atoms with Gasteiger partial charge in [0.1, 0.15) is 12.1 Å². The van der Waals surface area contributed by atoms with E-state index in [0.29, 0.717) is 6.42 Å². The second kappa shape index (κ2) is 7.01. The third kappa shape index (κ3) is 3.10. The maximum Gasteiger partial charge on any atom is 0.227 e. The number of nitrogens with one attached hydrogen (secondary N) is 1. The van der Waals surface area contributed by atoms with E-state index in [9.17, 15) is 4.79 Å². The summed E-state index contributed by atoms with van der Waals surface area (Å²) in [6, 6.07) is 14.0. The molecule has 2 aromatic heterocycles. The highest BCUT2D eigenvalue weighted by Crippen LogP contribution is 2.30. The number of rotatable bonds is 4. The summed E-state index contributed by atoms with van der Waals surface area (Å²) in [6.45, 7) is 0.794. The van der Waals surface area contributed by atoms with Gasteiger partial charge in [-0.1, -0.05) is 6.07 Å². The molecule has 6 nitrogen and oxygen atoms in total. The Hall–Kier alpha value is -3.32. The third-order valence-electron chi connectivity index (χ3n) is 4.87. The van der Waals surface area contributed by atoms with Crippen molar-refractivity contribution in [2.75, 3.05) is 16.8 Å². The van der Waals surface area contributed by atoms with Gasteiger partial charge in [0.2, 0.25) is 5.91 Å². The fraction of sp³-hybridized carbons (Fsp3) is 0.143. The van der Waals surface area contributed by atoms with Crippen molar-refractivity contribution in [3.05, 3.63) is 60.5 Å². The van der Waals surface area contributed by atoms with Crippen LogP contribution in [0.15, 0.2) is 60.5 Å². The number of anilines is 3. The van der Waals surface area contributed by atoms with Gasteiger partial charge in [0.15, 0.2) is 0 Å². The molecule has 1 N–H and O–H groups in total. The largest absolute Gasteiger partial charge is 0.340 e. The Kier molecular flexibility index (Phi) is 4.21. The standard InChI is InChI=1S/C21H17N5OS/c27-20-2-1-9-26(20)16-6-4-15(5-7-16)25-21-17-10-14(19-11-22-13-28-19)3-8-18(17)23-12-24-21/h3-8,10-13H,1-2,9H2,(H,23,24,25). The van der Waals surface area contributed by atoms with Crippen molar-refractivity contribution in [3.63, 3.8) is 0 Å². The van der Waals surface area contributed by atoms with E-state index in [0.717, 1.165) is 51.5 Å². The molecule has 3 heterocycles. The van der Waals surface area contributed by atoms with Gasteiger partial charge in [0, 0.05) is 35.9 Å². The summed E-state index contributed by atoms with van der Waals surface area (Å²) >= 11 is 1.60. The van der Waals surface area contributed by atoms with E-state index in [2.05, 4.69) is 32.4 Å². The second-order valence-corrected chi connectivity index (χ2v) is 7.53. The first kappa shape index (κ1) is 16.8. The van der Waals surface area contributed by atoms with E-state index in [1.165, 1.54) is 0 Å². The van der Waals surface area contributed by atoms with E-state index >= 15 is 0 Å². The number of thiazole rings is 1.